The summed E-state index contributed by atoms with van der Waals surface area (Å²) in [4.78, 5) is 16.2. The van der Waals surface area contributed by atoms with Crippen molar-refractivity contribution in [1.29, 1.82) is 0 Å². The van der Waals surface area contributed by atoms with Crippen LogP contribution in [0.5, 0.6) is 0 Å². The number of carbonyl (C=O) groups is 1. The minimum atomic E-state index is -4.56. The minimum absolute atomic E-state index is 0. The number of fused-ring (bicyclic) bond motifs is 1. The number of pyridine rings is 1. The average molecular weight is 443 g/mol. The number of aliphatic hydroxyl groups is 2. The van der Waals surface area contributed by atoms with Crippen LogP contribution in [0.2, 0.25) is 0 Å². The number of benzene rings is 2. The van der Waals surface area contributed by atoms with Gasteiger partial charge in [-0.2, -0.15) is 13.2 Å². The fourth-order valence-corrected chi connectivity index (χ4v) is 2.73. The molecular weight excluding hydrogens is 425 g/mol. The topological polar surface area (TPSA) is 91.7 Å². The molecule has 3 aromatic rings. The Morgan fingerprint density at radius 3 is 2.53 bits per heavy atom. The molecule has 6 nitrogen and oxygen atoms in total. The van der Waals surface area contributed by atoms with Gasteiger partial charge < -0.3 is 20.3 Å². The van der Waals surface area contributed by atoms with E-state index in [1.54, 1.807) is 18.2 Å². The molecule has 0 spiro atoms. The molecule has 160 valence electrons. The Morgan fingerprint density at radius 2 is 1.83 bits per heavy atom. The number of anilines is 2. The van der Waals surface area contributed by atoms with E-state index in [1.165, 1.54) is 30.5 Å². The lowest BCUT2D eigenvalue weighted by molar-refractivity contribution is -0.136. The van der Waals surface area contributed by atoms with Gasteiger partial charge in [-0.1, -0.05) is 24.3 Å². The fourth-order valence-electron chi connectivity index (χ4n) is 2.73. The predicted octanol–water partition coefficient (Wildman–Crippen LogP) is 3.93. The lowest BCUT2D eigenvalue weighted by atomic mass is 10.1. The van der Waals surface area contributed by atoms with Crippen LogP contribution in [-0.4, -0.2) is 40.5 Å². The predicted molar refractivity (Wildman–Crippen MR) is 107 cm³/mol. The summed E-state index contributed by atoms with van der Waals surface area (Å²) >= 11 is 0. The van der Waals surface area contributed by atoms with Crippen LogP contribution in [0.3, 0.4) is 0 Å². The molecule has 30 heavy (non-hydrogen) atoms. The molecule has 2 aromatic carbocycles. The van der Waals surface area contributed by atoms with E-state index >= 15 is 0 Å². The maximum atomic E-state index is 13.3. The largest absolute Gasteiger partial charge is 0.459 e. The van der Waals surface area contributed by atoms with Crippen LogP contribution >= 0.6 is 12.4 Å². The number of alkyl halides is 3. The standard InChI is InChI=1S/C20H17F3N2O4.ClH/c21-20(22,23)15-6-3-5-13-17(8-9-24-18(13)15)25-16-7-2-1-4-14(16)19(28)29-11-12(27)10-26;/h1-9,12,26-27H,10-11H2,(H,24,25);1H. The highest BCUT2D eigenvalue weighted by Crippen LogP contribution is 2.36. The molecule has 0 amide bonds. The smallest absolute Gasteiger partial charge is 0.418 e. The van der Waals surface area contributed by atoms with E-state index in [0.717, 1.165) is 6.07 Å². The summed E-state index contributed by atoms with van der Waals surface area (Å²) in [6.07, 6.45) is -4.51. The van der Waals surface area contributed by atoms with Gasteiger partial charge >= 0.3 is 12.1 Å². The number of ether oxygens (including phenoxy) is 1. The van der Waals surface area contributed by atoms with Gasteiger partial charge in [0.2, 0.25) is 0 Å². The van der Waals surface area contributed by atoms with E-state index in [-0.39, 0.29) is 28.9 Å². The van der Waals surface area contributed by atoms with Gasteiger partial charge in [0.05, 0.1) is 28.9 Å². The fraction of sp³-hybridized carbons (Fsp3) is 0.200. The molecule has 0 aliphatic rings. The van der Waals surface area contributed by atoms with Crippen molar-refractivity contribution < 1.29 is 32.9 Å². The van der Waals surface area contributed by atoms with Crippen molar-refractivity contribution in [2.75, 3.05) is 18.5 Å². The summed E-state index contributed by atoms with van der Waals surface area (Å²) in [7, 11) is 0. The van der Waals surface area contributed by atoms with Crippen LogP contribution in [0, 0.1) is 0 Å². The number of esters is 1. The number of aliphatic hydroxyl groups excluding tert-OH is 2. The molecular formula is C20H18ClF3N2O4. The zero-order valence-electron chi connectivity index (χ0n) is 15.4. The molecule has 0 fully saturated rings. The normalized spacial score (nSPS) is 12.2. The number of hydrogen-bond acceptors (Lipinski definition) is 6. The number of aromatic nitrogens is 1. The minimum Gasteiger partial charge on any atom is -0.459 e. The molecule has 0 saturated carbocycles. The van der Waals surface area contributed by atoms with E-state index in [1.807, 2.05) is 0 Å². The van der Waals surface area contributed by atoms with Gasteiger partial charge in [0, 0.05) is 17.3 Å². The number of hydrogen-bond donors (Lipinski definition) is 3. The van der Waals surface area contributed by atoms with Crippen LogP contribution in [0.1, 0.15) is 15.9 Å². The monoisotopic (exact) mass is 442 g/mol. The molecule has 1 aromatic heterocycles. The van der Waals surface area contributed by atoms with E-state index in [4.69, 9.17) is 9.84 Å². The van der Waals surface area contributed by atoms with Gasteiger partial charge in [-0.15, -0.1) is 12.4 Å². The lowest BCUT2D eigenvalue weighted by Gasteiger charge is -2.15. The number of para-hydroxylation sites is 2. The second-order valence-corrected chi connectivity index (χ2v) is 6.16. The molecule has 3 rings (SSSR count). The Bertz CT molecular complexity index is 1030. The van der Waals surface area contributed by atoms with E-state index in [9.17, 15) is 23.1 Å². The molecule has 0 saturated heterocycles. The molecule has 0 aliphatic carbocycles. The molecule has 1 unspecified atom stereocenters. The van der Waals surface area contributed by atoms with Crippen molar-refractivity contribution >= 4 is 40.7 Å². The van der Waals surface area contributed by atoms with Crippen molar-refractivity contribution in [2.24, 2.45) is 0 Å². The van der Waals surface area contributed by atoms with Gasteiger partial charge in [-0.25, -0.2) is 4.79 Å². The molecule has 0 radical (unpaired) electrons. The quantitative estimate of drug-likeness (QED) is 0.501. The summed E-state index contributed by atoms with van der Waals surface area (Å²) in [5.41, 5.74) is -0.312. The molecule has 3 N–H and O–H groups in total. The second kappa shape index (κ2) is 9.75. The Kier molecular flexibility index (Phi) is 7.60. The third-order valence-corrected chi connectivity index (χ3v) is 4.11. The number of carbonyl (C=O) groups excluding carboxylic acids is 1. The van der Waals surface area contributed by atoms with Crippen molar-refractivity contribution in [3.63, 3.8) is 0 Å². The summed E-state index contributed by atoms with van der Waals surface area (Å²) in [5.74, 6) is -0.755. The lowest BCUT2D eigenvalue weighted by Crippen LogP contribution is -2.22. The third kappa shape index (κ3) is 5.18. The molecule has 1 heterocycles. The first-order valence-electron chi connectivity index (χ1n) is 8.58. The summed E-state index contributed by atoms with van der Waals surface area (Å²) < 4.78 is 44.8. The van der Waals surface area contributed by atoms with Gasteiger partial charge in [0.1, 0.15) is 12.7 Å². The average Bonchev–Trinajstić information content (AvgIpc) is 2.71. The Morgan fingerprint density at radius 1 is 1.10 bits per heavy atom. The first-order valence-corrected chi connectivity index (χ1v) is 8.58. The maximum Gasteiger partial charge on any atom is 0.418 e. The van der Waals surface area contributed by atoms with Crippen molar-refractivity contribution in [3.05, 3.63) is 65.9 Å². The number of halogens is 4. The van der Waals surface area contributed by atoms with E-state index in [0.29, 0.717) is 11.4 Å². The van der Waals surface area contributed by atoms with Gasteiger partial charge in [0.25, 0.3) is 0 Å². The van der Waals surface area contributed by atoms with Gasteiger partial charge in [-0.3, -0.25) is 4.98 Å². The highest BCUT2D eigenvalue weighted by Gasteiger charge is 2.33. The number of nitrogens with one attached hydrogen (secondary N) is 1. The van der Waals surface area contributed by atoms with Crippen LogP contribution in [-0.2, 0) is 10.9 Å². The SMILES string of the molecule is Cl.O=C(OCC(O)CO)c1ccccc1Nc1ccnc2c(C(F)(F)F)cccc12. The molecule has 1 atom stereocenters. The first kappa shape index (κ1) is 23.4. The zero-order valence-corrected chi connectivity index (χ0v) is 16.2. The van der Waals surface area contributed by atoms with Crippen molar-refractivity contribution in [2.45, 2.75) is 12.3 Å². The Balaban J connectivity index is 0.00000320. The summed E-state index contributed by atoms with van der Waals surface area (Å²) in [5, 5.41) is 21.3. The third-order valence-electron chi connectivity index (χ3n) is 4.11. The molecule has 10 heteroatoms. The Labute approximate surface area is 175 Å². The van der Waals surface area contributed by atoms with Gasteiger partial charge in [-0.05, 0) is 24.3 Å². The number of nitrogens with zero attached hydrogens (tertiary/aromatic N) is 1. The van der Waals surface area contributed by atoms with Crippen molar-refractivity contribution in [1.82, 2.24) is 4.98 Å². The van der Waals surface area contributed by atoms with Crippen molar-refractivity contribution in [3.8, 4) is 0 Å². The zero-order chi connectivity index (χ0) is 21.0. The molecule has 0 aliphatic heterocycles. The maximum absolute atomic E-state index is 13.3. The van der Waals surface area contributed by atoms with Crippen LogP contribution in [0.25, 0.3) is 10.9 Å². The number of rotatable bonds is 6. The summed E-state index contributed by atoms with van der Waals surface area (Å²) in [6, 6.07) is 11.5. The Hall–Kier alpha value is -2.88. The second-order valence-electron chi connectivity index (χ2n) is 6.16. The van der Waals surface area contributed by atoms with Gasteiger partial charge in [0.15, 0.2) is 0 Å². The van der Waals surface area contributed by atoms with E-state index in [2.05, 4.69) is 10.3 Å². The van der Waals surface area contributed by atoms with Crippen LogP contribution in [0.15, 0.2) is 54.7 Å². The van der Waals surface area contributed by atoms with Crippen LogP contribution < -0.4 is 5.32 Å². The van der Waals surface area contributed by atoms with E-state index < -0.39 is 37.0 Å². The van der Waals surface area contributed by atoms with Crippen LogP contribution in [0.4, 0.5) is 24.5 Å². The first-order chi connectivity index (χ1) is 13.8. The summed E-state index contributed by atoms with van der Waals surface area (Å²) in [6.45, 7) is -0.950. The molecule has 0 bridgehead atoms. The highest BCUT2D eigenvalue weighted by atomic mass is 35.5. The highest BCUT2D eigenvalue weighted by molar-refractivity contribution is 6.00.